The van der Waals surface area contributed by atoms with Crippen LogP contribution in [0.5, 0.6) is 0 Å². The van der Waals surface area contributed by atoms with Gasteiger partial charge in [-0.05, 0) is 30.0 Å². The zero-order valence-electron chi connectivity index (χ0n) is 12.2. The van der Waals surface area contributed by atoms with Gasteiger partial charge in [0.1, 0.15) is 5.82 Å². The lowest BCUT2D eigenvalue weighted by molar-refractivity contribution is -0.135. The van der Waals surface area contributed by atoms with Crippen molar-refractivity contribution in [2.24, 2.45) is 5.92 Å². The molecule has 2 rings (SSSR count). The molecule has 1 aromatic rings. The second-order valence-corrected chi connectivity index (χ2v) is 5.68. The number of nitrogens with one attached hydrogen (secondary N) is 1. The molecule has 1 amide bonds. The van der Waals surface area contributed by atoms with Crippen molar-refractivity contribution in [3.8, 4) is 0 Å². The molecular formula is C15H18F4N2O. The molecule has 2 atom stereocenters. The Morgan fingerprint density at radius 1 is 1.41 bits per heavy atom. The van der Waals surface area contributed by atoms with Crippen LogP contribution in [0.3, 0.4) is 0 Å². The third kappa shape index (κ3) is 4.43. The molecule has 1 heterocycles. The molecule has 3 nitrogen and oxygen atoms in total. The Kier molecular flexibility index (Phi) is 5.05. The molecular weight excluding hydrogens is 300 g/mol. The van der Waals surface area contributed by atoms with Gasteiger partial charge in [0.05, 0.1) is 19.1 Å². The summed E-state index contributed by atoms with van der Waals surface area (Å²) in [5.41, 5.74) is 0.675. The molecule has 7 heteroatoms. The van der Waals surface area contributed by atoms with Gasteiger partial charge in [0.25, 0.3) is 0 Å². The van der Waals surface area contributed by atoms with E-state index in [0.29, 0.717) is 18.5 Å². The molecule has 0 aromatic heterocycles. The molecule has 0 unspecified atom stereocenters. The van der Waals surface area contributed by atoms with E-state index in [0.717, 1.165) is 0 Å². The summed E-state index contributed by atoms with van der Waals surface area (Å²) in [7, 11) is 0. The van der Waals surface area contributed by atoms with E-state index in [9.17, 15) is 22.4 Å². The Morgan fingerprint density at radius 3 is 2.77 bits per heavy atom. The van der Waals surface area contributed by atoms with Crippen molar-refractivity contribution >= 4 is 5.91 Å². The average Bonchev–Trinajstić information content (AvgIpc) is 2.79. The Morgan fingerprint density at radius 2 is 2.14 bits per heavy atom. The SMILES string of the molecule is C[C@@H]1C[C@H](c2cccc(F)c2)N(C(=O)CNCC(F)(F)F)C1. The summed E-state index contributed by atoms with van der Waals surface area (Å²) in [5, 5.41) is 2.11. The molecule has 1 N–H and O–H groups in total. The van der Waals surface area contributed by atoms with Crippen molar-refractivity contribution in [3.63, 3.8) is 0 Å². The highest BCUT2D eigenvalue weighted by Crippen LogP contribution is 2.35. The average molecular weight is 318 g/mol. The van der Waals surface area contributed by atoms with Crippen LogP contribution in [0.1, 0.15) is 24.9 Å². The topological polar surface area (TPSA) is 32.3 Å². The minimum atomic E-state index is -4.35. The summed E-state index contributed by atoms with van der Waals surface area (Å²) in [6.07, 6.45) is -3.67. The van der Waals surface area contributed by atoms with Crippen molar-refractivity contribution in [1.82, 2.24) is 10.2 Å². The van der Waals surface area contributed by atoms with E-state index in [1.54, 1.807) is 12.1 Å². The van der Waals surface area contributed by atoms with E-state index < -0.39 is 18.6 Å². The summed E-state index contributed by atoms with van der Waals surface area (Å²) >= 11 is 0. The van der Waals surface area contributed by atoms with E-state index in [-0.39, 0.29) is 24.3 Å². The number of carbonyl (C=O) groups excluding carboxylic acids is 1. The van der Waals surface area contributed by atoms with Gasteiger partial charge >= 0.3 is 6.18 Å². The summed E-state index contributed by atoms with van der Waals surface area (Å²) in [6, 6.07) is 5.70. The summed E-state index contributed by atoms with van der Waals surface area (Å²) in [4.78, 5) is 13.7. The smallest absolute Gasteiger partial charge is 0.334 e. The first kappa shape index (κ1) is 16.7. The standard InChI is InChI=1S/C15H18F4N2O/c1-10-5-13(11-3-2-4-12(16)6-11)21(8-10)14(22)7-20-9-15(17,18)19/h2-4,6,10,13,20H,5,7-9H2,1H3/t10-,13-/m1/s1. The molecule has 1 aliphatic heterocycles. The van der Waals surface area contributed by atoms with Gasteiger partial charge in [-0.25, -0.2) is 4.39 Å². The molecule has 0 saturated carbocycles. The predicted octanol–water partition coefficient (Wildman–Crippen LogP) is 2.89. The van der Waals surface area contributed by atoms with Gasteiger partial charge in [0.2, 0.25) is 5.91 Å². The molecule has 122 valence electrons. The van der Waals surface area contributed by atoms with Crippen molar-refractivity contribution < 1.29 is 22.4 Å². The maximum absolute atomic E-state index is 13.3. The zero-order valence-corrected chi connectivity index (χ0v) is 12.2. The number of hydrogen-bond acceptors (Lipinski definition) is 2. The van der Waals surface area contributed by atoms with Gasteiger partial charge in [0.15, 0.2) is 0 Å². The van der Waals surface area contributed by atoms with E-state index in [4.69, 9.17) is 0 Å². The molecule has 0 aliphatic carbocycles. The van der Waals surface area contributed by atoms with Gasteiger partial charge in [-0.3, -0.25) is 4.79 Å². The van der Waals surface area contributed by atoms with Crippen LogP contribution in [0.15, 0.2) is 24.3 Å². The monoisotopic (exact) mass is 318 g/mol. The lowest BCUT2D eigenvalue weighted by Gasteiger charge is -2.25. The minimum Gasteiger partial charge on any atom is -0.334 e. The number of likely N-dealkylation sites (tertiary alicyclic amines) is 1. The first-order valence-corrected chi connectivity index (χ1v) is 7.08. The van der Waals surface area contributed by atoms with Gasteiger partial charge in [-0.1, -0.05) is 19.1 Å². The van der Waals surface area contributed by atoms with Crippen LogP contribution in [0.2, 0.25) is 0 Å². The second-order valence-electron chi connectivity index (χ2n) is 5.68. The number of rotatable bonds is 4. The lowest BCUT2D eigenvalue weighted by atomic mass is 10.0. The van der Waals surface area contributed by atoms with Crippen molar-refractivity contribution in [2.75, 3.05) is 19.6 Å². The molecule has 0 bridgehead atoms. The summed E-state index contributed by atoms with van der Waals surface area (Å²) in [6.45, 7) is 0.848. The molecule has 0 radical (unpaired) electrons. The summed E-state index contributed by atoms with van der Waals surface area (Å²) < 4.78 is 49.6. The van der Waals surface area contributed by atoms with Crippen LogP contribution in [-0.4, -0.2) is 36.6 Å². The molecule has 1 saturated heterocycles. The Bertz CT molecular complexity index is 533. The fourth-order valence-electron chi connectivity index (χ4n) is 2.76. The minimum absolute atomic E-state index is 0.222. The highest BCUT2D eigenvalue weighted by atomic mass is 19.4. The lowest BCUT2D eigenvalue weighted by Crippen LogP contribution is -2.40. The van der Waals surface area contributed by atoms with Crippen LogP contribution < -0.4 is 5.32 Å². The van der Waals surface area contributed by atoms with Crippen molar-refractivity contribution in [3.05, 3.63) is 35.6 Å². The van der Waals surface area contributed by atoms with Gasteiger partial charge in [-0.2, -0.15) is 13.2 Å². The van der Waals surface area contributed by atoms with Crippen LogP contribution >= 0.6 is 0 Å². The van der Waals surface area contributed by atoms with Crippen LogP contribution in [0.25, 0.3) is 0 Å². The van der Waals surface area contributed by atoms with Crippen LogP contribution in [-0.2, 0) is 4.79 Å². The number of amides is 1. The van der Waals surface area contributed by atoms with E-state index in [2.05, 4.69) is 5.32 Å². The third-order valence-corrected chi connectivity index (χ3v) is 3.67. The Labute approximate surface area is 126 Å². The van der Waals surface area contributed by atoms with Gasteiger partial charge in [0, 0.05) is 6.54 Å². The number of halogens is 4. The zero-order chi connectivity index (χ0) is 16.3. The molecule has 1 fully saturated rings. The molecule has 1 aliphatic rings. The first-order chi connectivity index (χ1) is 10.3. The van der Waals surface area contributed by atoms with Crippen LogP contribution in [0, 0.1) is 11.7 Å². The normalized spacial score (nSPS) is 22.1. The van der Waals surface area contributed by atoms with E-state index in [1.807, 2.05) is 6.92 Å². The number of carbonyl (C=O) groups is 1. The highest BCUT2D eigenvalue weighted by Gasteiger charge is 2.34. The number of benzene rings is 1. The quantitative estimate of drug-likeness (QED) is 0.866. The predicted molar refractivity (Wildman–Crippen MR) is 73.6 cm³/mol. The van der Waals surface area contributed by atoms with Crippen molar-refractivity contribution in [1.29, 1.82) is 0 Å². The Balaban J connectivity index is 2.03. The van der Waals surface area contributed by atoms with Gasteiger partial charge in [-0.15, -0.1) is 0 Å². The summed E-state index contributed by atoms with van der Waals surface area (Å²) in [5.74, 6) is -0.567. The number of nitrogens with zero attached hydrogens (tertiary/aromatic N) is 1. The molecule has 22 heavy (non-hydrogen) atoms. The maximum Gasteiger partial charge on any atom is 0.401 e. The second kappa shape index (κ2) is 6.64. The number of hydrogen-bond donors (Lipinski definition) is 1. The van der Waals surface area contributed by atoms with Crippen LogP contribution in [0.4, 0.5) is 17.6 Å². The largest absolute Gasteiger partial charge is 0.401 e. The first-order valence-electron chi connectivity index (χ1n) is 7.08. The maximum atomic E-state index is 13.3. The van der Waals surface area contributed by atoms with Crippen molar-refractivity contribution in [2.45, 2.75) is 25.6 Å². The fourth-order valence-corrected chi connectivity index (χ4v) is 2.76. The fraction of sp³-hybridized carbons (Fsp3) is 0.533. The van der Waals surface area contributed by atoms with E-state index >= 15 is 0 Å². The Hall–Kier alpha value is -1.63. The molecule has 0 spiro atoms. The molecule has 1 aromatic carbocycles. The number of alkyl halides is 3. The third-order valence-electron chi connectivity index (χ3n) is 3.67. The highest BCUT2D eigenvalue weighted by molar-refractivity contribution is 5.79. The van der Waals surface area contributed by atoms with Gasteiger partial charge < -0.3 is 10.2 Å². The van der Waals surface area contributed by atoms with E-state index in [1.165, 1.54) is 17.0 Å².